The zero-order chi connectivity index (χ0) is 9.97. The van der Waals surface area contributed by atoms with Crippen LogP contribution in [0.2, 0.25) is 0 Å². The van der Waals surface area contributed by atoms with Crippen LogP contribution >= 0.6 is 11.8 Å². The topological polar surface area (TPSA) is 32.3 Å². The van der Waals surface area contributed by atoms with Gasteiger partial charge in [-0.25, -0.2) is 0 Å². The quantitative estimate of drug-likeness (QED) is 0.700. The van der Waals surface area contributed by atoms with Crippen LogP contribution in [0.1, 0.15) is 12.8 Å². The third-order valence-electron chi connectivity index (χ3n) is 2.61. The van der Waals surface area contributed by atoms with Crippen LogP contribution in [0.25, 0.3) is 0 Å². The van der Waals surface area contributed by atoms with Crippen LogP contribution in [0.5, 0.6) is 0 Å². The molecule has 1 heterocycles. The second-order valence-corrected chi connectivity index (χ2v) is 4.81. The van der Waals surface area contributed by atoms with Crippen molar-refractivity contribution in [2.45, 2.75) is 24.9 Å². The highest BCUT2D eigenvalue weighted by molar-refractivity contribution is 7.99. The van der Waals surface area contributed by atoms with Crippen molar-refractivity contribution in [3.8, 4) is 0 Å². The van der Waals surface area contributed by atoms with Crippen molar-refractivity contribution >= 4 is 17.7 Å². The van der Waals surface area contributed by atoms with E-state index in [2.05, 4.69) is 11.9 Å². The third-order valence-corrected chi connectivity index (χ3v) is 3.55. The molecular formula is C10H16N2OS. The van der Waals surface area contributed by atoms with Gasteiger partial charge in [0, 0.05) is 24.2 Å². The molecule has 2 fully saturated rings. The van der Waals surface area contributed by atoms with E-state index in [0.29, 0.717) is 12.6 Å². The van der Waals surface area contributed by atoms with Gasteiger partial charge in [0.1, 0.15) is 0 Å². The summed E-state index contributed by atoms with van der Waals surface area (Å²) in [5.74, 6) is 2.08. The lowest BCUT2D eigenvalue weighted by Gasteiger charge is -2.23. The van der Waals surface area contributed by atoms with Crippen LogP contribution < -0.4 is 5.32 Å². The lowest BCUT2D eigenvalue weighted by Crippen LogP contribution is -2.46. The average molecular weight is 212 g/mol. The molecule has 1 aliphatic heterocycles. The molecule has 0 aromatic carbocycles. The van der Waals surface area contributed by atoms with E-state index in [1.165, 1.54) is 12.8 Å². The van der Waals surface area contributed by atoms with Crippen LogP contribution in [0, 0.1) is 0 Å². The fourth-order valence-corrected chi connectivity index (χ4v) is 2.63. The normalized spacial score (nSPS) is 26.1. The molecule has 2 rings (SSSR count). The molecule has 1 unspecified atom stereocenters. The van der Waals surface area contributed by atoms with Crippen molar-refractivity contribution in [1.29, 1.82) is 0 Å². The lowest BCUT2D eigenvalue weighted by molar-refractivity contribution is -0.132. The molecule has 1 atom stereocenters. The number of amides is 1. The number of thioether (sulfide) groups is 1. The largest absolute Gasteiger partial charge is 0.335 e. The van der Waals surface area contributed by atoms with Crippen molar-refractivity contribution in [3.05, 3.63) is 12.7 Å². The first-order valence-corrected chi connectivity index (χ1v) is 6.21. The van der Waals surface area contributed by atoms with E-state index >= 15 is 0 Å². The number of hydrogen-bond acceptors (Lipinski definition) is 3. The second kappa shape index (κ2) is 4.36. The van der Waals surface area contributed by atoms with E-state index in [1.54, 1.807) is 11.8 Å². The fourth-order valence-electron chi connectivity index (χ4n) is 1.70. The summed E-state index contributed by atoms with van der Waals surface area (Å²) in [6.07, 6.45) is 4.15. The van der Waals surface area contributed by atoms with Gasteiger partial charge in [0.05, 0.1) is 6.04 Å². The van der Waals surface area contributed by atoms with Gasteiger partial charge >= 0.3 is 0 Å². The first-order valence-electron chi connectivity index (χ1n) is 5.05. The average Bonchev–Trinajstić information content (AvgIpc) is 2.88. The van der Waals surface area contributed by atoms with E-state index in [0.717, 1.165) is 11.6 Å². The molecule has 0 aromatic rings. The molecule has 14 heavy (non-hydrogen) atoms. The Hall–Kier alpha value is -0.480. The second-order valence-electron chi connectivity index (χ2n) is 3.78. The van der Waals surface area contributed by atoms with Gasteiger partial charge in [-0.05, 0) is 12.8 Å². The predicted octanol–water partition coefficient (Wildman–Crippen LogP) is 0.826. The van der Waals surface area contributed by atoms with Crippen molar-refractivity contribution in [3.63, 3.8) is 0 Å². The minimum absolute atomic E-state index is 0.0422. The molecule has 0 aromatic heterocycles. The first-order chi connectivity index (χ1) is 6.83. The number of hydrogen-bond donors (Lipinski definition) is 1. The van der Waals surface area contributed by atoms with Crippen molar-refractivity contribution < 1.29 is 4.79 Å². The molecular weight excluding hydrogens is 196 g/mol. The molecule has 3 nitrogen and oxygen atoms in total. The van der Waals surface area contributed by atoms with Gasteiger partial charge in [-0.15, -0.1) is 18.3 Å². The molecule has 0 spiro atoms. The van der Waals surface area contributed by atoms with Crippen LogP contribution in [-0.2, 0) is 4.79 Å². The Labute approximate surface area is 88.9 Å². The summed E-state index contributed by atoms with van der Waals surface area (Å²) in [5, 5.41) is 3.22. The molecule has 0 bridgehead atoms. The summed E-state index contributed by atoms with van der Waals surface area (Å²) in [5.41, 5.74) is 0. The van der Waals surface area contributed by atoms with Gasteiger partial charge in [-0.1, -0.05) is 6.08 Å². The minimum atomic E-state index is 0.0422. The van der Waals surface area contributed by atoms with Gasteiger partial charge in [-0.3, -0.25) is 10.1 Å². The summed E-state index contributed by atoms with van der Waals surface area (Å²) >= 11 is 1.79. The molecule has 0 radical (unpaired) electrons. The summed E-state index contributed by atoms with van der Waals surface area (Å²) in [6, 6.07) is 0.536. The van der Waals surface area contributed by atoms with Crippen LogP contribution in [0.4, 0.5) is 0 Å². The Morgan fingerprint density at radius 3 is 2.93 bits per heavy atom. The van der Waals surface area contributed by atoms with Gasteiger partial charge < -0.3 is 4.90 Å². The monoisotopic (exact) mass is 212 g/mol. The van der Waals surface area contributed by atoms with Crippen molar-refractivity contribution in [2.75, 3.05) is 18.2 Å². The predicted molar refractivity (Wildman–Crippen MR) is 59.2 cm³/mol. The smallest absolute Gasteiger partial charge is 0.241 e. The van der Waals surface area contributed by atoms with Gasteiger partial charge in [0.2, 0.25) is 5.91 Å². The maximum Gasteiger partial charge on any atom is 0.241 e. The minimum Gasteiger partial charge on any atom is -0.335 e. The standard InChI is InChI=1S/C10H16N2OS/c1-2-5-12(8-3-4-8)10(13)9-6-14-7-11-9/h2,8-9,11H,1,3-7H2. The molecule has 1 aliphatic carbocycles. The zero-order valence-corrected chi connectivity index (χ0v) is 9.05. The molecule has 4 heteroatoms. The molecule has 1 N–H and O–H groups in total. The number of rotatable bonds is 4. The maximum absolute atomic E-state index is 12.0. The maximum atomic E-state index is 12.0. The van der Waals surface area contributed by atoms with Gasteiger partial charge in [0.25, 0.3) is 0 Å². The highest BCUT2D eigenvalue weighted by Crippen LogP contribution is 2.28. The number of nitrogens with zero attached hydrogens (tertiary/aromatic N) is 1. The Balaban J connectivity index is 1.94. The van der Waals surface area contributed by atoms with E-state index < -0.39 is 0 Å². The van der Waals surface area contributed by atoms with Gasteiger partial charge in [-0.2, -0.15) is 0 Å². The van der Waals surface area contributed by atoms with Gasteiger partial charge in [0.15, 0.2) is 0 Å². The summed E-state index contributed by atoms with van der Waals surface area (Å²) in [7, 11) is 0. The van der Waals surface area contributed by atoms with E-state index in [-0.39, 0.29) is 11.9 Å². The zero-order valence-electron chi connectivity index (χ0n) is 8.24. The third kappa shape index (κ3) is 2.12. The van der Waals surface area contributed by atoms with Crippen molar-refractivity contribution in [2.24, 2.45) is 0 Å². The van der Waals surface area contributed by atoms with Crippen LogP contribution in [0.3, 0.4) is 0 Å². The Morgan fingerprint density at radius 2 is 2.43 bits per heavy atom. The van der Waals surface area contributed by atoms with E-state index in [1.807, 2.05) is 11.0 Å². The summed E-state index contributed by atoms with van der Waals surface area (Å²) in [6.45, 7) is 4.40. The Kier molecular flexibility index (Phi) is 3.13. The van der Waals surface area contributed by atoms with Crippen molar-refractivity contribution in [1.82, 2.24) is 10.2 Å². The lowest BCUT2D eigenvalue weighted by atomic mass is 10.2. The number of carbonyl (C=O) groups is 1. The molecule has 1 saturated carbocycles. The number of carbonyl (C=O) groups excluding carboxylic acids is 1. The number of nitrogens with one attached hydrogen (secondary N) is 1. The summed E-state index contributed by atoms with van der Waals surface area (Å²) in [4.78, 5) is 14.0. The van der Waals surface area contributed by atoms with Crippen LogP contribution in [-0.4, -0.2) is 41.1 Å². The molecule has 1 saturated heterocycles. The Bertz CT molecular complexity index is 234. The molecule has 1 amide bonds. The van der Waals surface area contributed by atoms with Crippen LogP contribution in [0.15, 0.2) is 12.7 Å². The summed E-state index contributed by atoms with van der Waals surface area (Å²) < 4.78 is 0. The highest BCUT2D eigenvalue weighted by atomic mass is 32.2. The molecule has 78 valence electrons. The highest BCUT2D eigenvalue weighted by Gasteiger charge is 2.35. The van der Waals surface area contributed by atoms with E-state index in [4.69, 9.17) is 0 Å². The van der Waals surface area contributed by atoms with E-state index in [9.17, 15) is 4.79 Å². The Morgan fingerprint density at radius 1 is 1.64 bits per heavy atom. The first kappa shape index (κ1) is 10.1. The molecule has 2 aliphatic rings. The fraction of sp³-hybridized carbons (Fsp3) is 0.700. The SMILES string of the molecule is C=CCN(C(=O)C1CSCN1)C1CC1.